The highest BCUT2D eigenvalue weighted by atomic mass is 16.5. The number of para-hydroxylation sites is 2. The number of amides is 1. The van der Waals surface area contributed by atoms with Gasteiger partial charge in [0.25, 0.3) is 5.56 Å². The zero-order valence-corrected chi connectivity index (χ0v) is 15.6. The zero-order valence-electron chi connectivity index (χ0n) is 15.6. The second kappa shape index (κ2) is 7.40. The van der Waals surface area contributed by atoms with E-state index in [1.54, 1.807) is 7.11 Å². The van der Waals surface area contributed by atoms with Gasteiger partial charge in [0.05, 0.1) is 28.9 Å². The average Bonchev–Trinajstić information content (AvgIpc) is 2.71. The number of ether oxygens (including phenoxy) is 2. The Labute approximate surface area is 157 Å². The fourth-order valence-electron chi connectivity index (χ4n) is 4.35. The van der Waals surface area contributed by atoms with Crippen LogP contribution >= 0.6 is 0 Å². The van der Waals surface area contributed by atoms with E-state index in [1.165, 1.54) is 10.8 Å². The summed E-state index contributed by atoms with van der Waals surface area (Å²) in [6.45, 7) is 2.03. The Morgan fingerprint density at radius 3 is 2.89 bits per heavy atom. The highest BCUT2D eigenvalue weighted by Crippen LogP contribution is 2.36. The fraction of sp³-hybridized carbons (Fsp3) is 0.550. The van der Waals surface area contributed by atoms with E-state index in [0.29, 0.717) is 24.1 Å². The first kappa shape index (κ1) is 18.1. The number of benzene rings is 1. The van der Waals surface area contributed by atoms with Crippen LogP contribution in [0, 0.1) is 0 Å². The lowest BCUT2D eigenvalue weighted by atomic mass is 9.82. The van der Waals surface area contributed by atoms with Gasteiger partial charge in [0, 0.05) is 26.8 Å². The van der Waals surface area contributed by atoms with Crippen LogP contribution in [-0.2, 0) is 20.8 Å². The van der Waals surface area contributed by atoms with Gasteiger partial charge in [-0.2, -0.15) is 0 Å². The summed E-state index contributed by atoms with van der Waals surface area (Å²) < 4.78 is 13.3. The van der Waals surface area contributed by atoms with Crippen molar-refractivity contribution >= 4 is 16.9 Å². The van der Waals surface area contributed by atoms with Crippen molar-refractivity contribution in [2.75, 3.05) is 26.8 Å². The number of nitrogens with zero attached hydrogens (tertiary/aromatic N) is 3. The lowest BCUT2D eigenvalue weighted by molar-refractivity contribution is -0.188. The Balaban J connectivity index is 1.48. The molecule has 1 aromatic carbocycles. The molecule has 1 aromatic heterocycles. The van der Waals surface area contributed by atoms with Crippen molar-refractivity contribution in [3.05, 3.63) is 40.8 Å². The summed E-state index contributed by atoms with van der Waals surface area (Å²) in [5.41, 5.74) is 0.859. The third-order valence-electron chi connectivity index (χ3n) is 5.88. The summed E-state index contributed by atoms with van der Waals surface area (Å²) in [6, 6.07) is 7.37. The second-order valence-corrected chi connectivity index (χ2v) is 7.33. The van der Waals surface area contributed by atoms with Crippen LogP contribution in [0.15, 0.2) is 35.3 Å². The maximum absolute atomic E-state index is 12.9. The van der Waals surface area contributed by atoms with Crippen molar-refractivity contribution in [3.8, 4) is 0 Å². The molecule has 2 saturated heterocycles. The van der Waals surface area contributed by atoms with Gasteiger partial charge in [0.2, 0.25) is 5.91 Å². The van der Waals surface area contributed by atoms with Crippen molar-refractivity contribution in [1.82, 2.24) is 14.5 Å². The molecule has 2 fully saturated rings. The van der Waals surface area contributed by atoms with Crippen LogP contribution in [0.2, 0.25) is 0 Å². The molecule has 0 bridgehead atoms. The monoisotopic (exact) mass is 371 g/mol. The van der Waals surface area contributed by atoms with Crippen molar-refractivity contribution in [1.29, 1.82) is 0 Å². The summed E-state index contributed by atoms with van der Waals surface area (Å²) in [6.07, 6.45) is 4.92. The number of hydrogen-bond donors (Lipinski definition) is 0. The Morgan fingerprint density at radius 1 is 1.33 bits per heavy atom. The molecule has 0 N–H and O–H groups in total. The molecule has 7 heteroatoms. The van der Waals surface area contributed by atoms with Gasteiger partial charge in [-0.15, -0.1) is 0 Å². The van der Waals surface area contributed by atoms with Gasteiger partial charge in [0.1, 0.15) is 6.54 Å². The molecule has 7 nitrogen and oxygen atoms in total. The lowest BCUT2D eigenvalue weighted by Gasteiger charge is -2.48. The minimum atomic E-state index is -0.274. The molecule has 2 aliphatic heterocycles. The highest BCUT2D eigenvalue weighted by molar-refractivity contribution is 5.80. The molecule has 0 radical (unpaired) electrons. The van der Waals surface area contributed by atoms with E-state index in [1.807, 2.05) is 29.2 Å². The molecule has 1 amide bonds. The van der Waals surface area contributed by atoms with Crippen LogP contribution in [0.5, 0.6) is 0 Å². The number of hydrogen-bond acceptors (Lipinski definition) is 5. The van der Waals surface area contributed by atoms with Gasteiger partial charge in [-0.05, 0) is 37.8 Å². The molecule has 2 aliphatic rings. The summed E-state index contributed by atoms with van der Waals surface area (Å²) >= 11 is 0. The molecular weight excluding hydrogens is 346 g/mol. The molecular formula is C20H25N3O4. The van der Waals surface area contributed by atoms with Crippen molar-refractivity contribution in [3.63, 3.8) is 0 Å². The van der Waals surface area contributed by atoms with E-state index >= 15 is 0 Å². The van der Waals surface area contributed by atoms with E-state index < -0.39 is 0 Å². The standard InChI is InChI=1S/C20H25N3O4/c1-26-17-7-4-12-27-20(17)8-10-22(11-9-20)19(25)14-23-16-6-3-2-5-15(16)21-13-18(23)24/h2-3,5-6,13,17H,4,7-12,14H2,1H3. The molecule has 0 saturated carbocycles. The highest BCUT2D eigenvalue weighted by Gasteiger charge is 2.45. The second-order valence-electron chi connectivity index (χ2n) is 7.33. The predicted octanol–water partition coefficient (Wildman–Crippen LogP) is 1.58. The maximum Gasteiger partial charge on any atom is 0.269 e. The number of rotatable bonds is 3. The Morgan fingerprint density at radius 2 is 2.11 bits per heavy atom. The normalized spacial score (nSPS) is 22.3. The predicted molar refractivity (Wildman–Crippen MR) is 101 cm³/mol. The molecule has 4 rings (SSSR count). The Kier molecular flexibility index (Phi) is 4.97. The molecule has 1 atom stereocenters. The molecule has 1 unspecified atom stereocenters. The number of piperidine rings is 1. The summed E-state index contributed by atoms with van der Waals surface area (Å²) in [4.78, 5) is 31.1. The molecule has 1 spiro atoms. The van der Waals surface area contributed by atoms with Crippen LogP contribution in [-0.4, -0.2) is 58.9 Å². The molecule has 0 aliphatic carbocycles. The van der Waals surface area contributed by atoms with Gasteiger partial charge >= 0.3 is 0 Å². The molecule has 144 valence electrons. The van der Waals surface area contributed by atoms with Crippen LogP contribution < -0.4 is 5.56 Å². The number of methoxy groups -OCH3 is 1. The van der Waals surface area contributed by atoms with E-state index in [0.717, 1.165) is 32.3 Å². The number of aromatic nitrogens is 2. The van der Waals surface area contributed by atoms with Gasteiger partial charge in [-0.1, -0.05) is 12.1 Å². The van der Waals surface area contributed by atoms with E-state index in [9.17, 15) is 9.59 Å². The smallest absolute Gasteiger partial charge is 0.269 e. The number of likely N-dealkylation sites (tertiary alicyclic amines) is 1. The Bertz CT molecular complexity index is 886. The summed E-state index contributed by atoms with van der Waals surface area (Å²) in [5, 5.41) is 0. The van der Waals surface area contributed by atoms with Gasteiger partial charge in [0.15, 0.2) is 0 Å². The quantitative estimate of drug-likeness (QED) is 0.819. The lowest BCUT2D eigenvalue weighted by Crippen LogP contribution is -2.57. The van der Waals surface area contributed by atoms with E-state index in [-0.39, 0.29) is 29.7 Å². The SMILES string of the molecule is COC1CCCOC12CCN(C(=O)Cn1c(=O)cnc3ccccc31)CC2. The first-order valence-electron chi connectivity index (χ1n) is 9.52. The van der Waals surface area contributed by atoms with Crippen molar-refractivity contribution < 1.29 is 14.3 Å². The third kappa shape index (κ3) is 3.37. The molecule has 3 heterocycles. The molecule has 2 aromatic rings. The third-order valence-corrected chi connectivity index (χ3v) is 5.88. The van der Waals surface area contributed by atoms with Crippen LogP contribution in [0.25, 0.3) is 11.0 Å². The van der Waals surface area contributed by atoms with E-state index in [2.05, 4.69) is 4.98 Å². The largest absolute Gasteiger partial charge is 0.378 e. The minimum Gasteiger partial charge on any atom is -0.378 e. The van der Waals surface area contributed by atoms with Crippen molar-refractivity contribution in [2.24, 2.45) is 0 Å². The maximum atomic E-state index is 12.9. The first-order chi connectivity index (χ1) is 13.1. The fourth-order valence-corrected chi connectivity index (χ4v) is 4.35. The van der Waals surface area contributed by atoms with Gasteiger partial charge < -0.3 is 14.4 Å². The van der Waals surface area contributed by atoms with E-state index in [4.69, 9.17) is 9.47 Å². The van der Waals surface area contributed by atoms with Crippen molar-refractivity contribution in [2.45, 2.75) is 43.9 Å². The average molecular weight is 371 g/mol. The van der Waals surface area contributed by atoms with Crippen LogP contribution in [0.3, 0.4) is 0 Å². The van der Waals surface area contributed by atoms with Crippen LogP contribution in [0.4, 0.5) is 0 Å². The van der Waals surface area contributed by atoms with Crippen LogP contribution in [0.1, 0.15) is 25.7 Å². The van der Waals surface area contributed by atoms with Gasteiger partial charge in [-0.25, -0.2) is 4.98 Å². The summed E-state index contributed by atoms with van der Waals surface area (Å²) in [5.74, 6) is -0.0481. The van der Waals surface area contributed by atoms with Gasteiger partial charge in [-0.3, -0.25) is 14.2 Å². The minimum absolute atomic E-state index is 0.0312. The zero-order chi connectivity index (χ0) is 18.9. The summed E-state index contributed by atoms with van der Waals surface area (Å²) in [7, 11) is 1.74. The topological polar surface area (TPSA) is 73.7 Å². The number of carbonyl (C=O) groups excluding carboxylic acids is 1. The molecule has 27 heavy (non-hydrogen) atoms. The number of fused-ring (bicyclic) bond motifs is 1. The first-order valence-corrected chi connectivity index (χ1v) is 9.52. The Hall–Kier alpha value is -2.25. The number of carbonyl (C=O) groups is 1.